The molecule has 0 spiro atoms. The number of carbonyl (C=O) groups is 3. The minimum absolute atomic E-state index is 0.176. The summed E-state index contributed by atoms with van der Waals surface area (Å²) in [6.07, 6.45) is 1.43. The van der Waals surface area contributed by atoms with E-state index in [9.17, 15) is 14.4 Å². The summed E-state index contributed by atoms with van der Waals surface area (Å²) < 4.78 is 17.2. The van der Waals surface area contributed by atoms with E-state index < -0.39 is 17.8 Å². The van der Waals surface area contributed by atoms with Gasteiger partial charge in [0.15, 0.2) is 11.5 Å². The molecular weight excluding hydrogens is 484 g/mol. The van der Waals surface area contributed by atoms with Gasteiger partial charge in [-0.25, -0.2) is 9.69 Å². The van der Waals surface area contributed by atoms with E-state index in [1.165, 1.54) is 17.2 Å². The Labute approximate surface area is 221 Å². The third-order valence-electron chi connectivity index (χ3n) is 6.05. The molecule has 0 aromatic heterocycles. The number of urea groups is 1. The number of benzene rings is 3. The molecule has 3 aromatic rings. The lowest BCUT2D eigenvalue weighted by atomic mass is 10.1. The van der Waals surface area contributed by atoms with E-state index in [-0.39, 0.29) is 5.57 Å². The highest BCUT2D eigenvalue weighted by Crippen LogP contribution is 2.31. The Kier molecular flexibility index (Phi) is 8.11. The highest BCUT2D eigenvalue weighted by molar-refractivity contribution is 6.39. The number of aryl methyl sites for hydroxylation is 2. The largest absolute Gasteiger partial charge is 0.494 e. The van der Waals surface area contributed by atoms with Crippen molar-refractivity contribution in [3.63, 3.8) is 0 Å². The summed E-state index contributed by atoms with van der Waals surface area (Å²) in [5.74, 6) is 0.133. The molecule has 0 bridgehead atoms. The van der Waals surface area contributed by atoms with Crippen molar-refractivity contribution in [2.75, 3.05) is 18.1 Å². The van der Waals surface area contributed by atoms with Gasteiger partial charge in [0.2, 0.25) is 0 Å². The number of nitrogens with one attached hydrogen (secondary N) is 1. The number of ether oxygens (including phenoxy) is 3. The second kappa shape index (κ2) is 11.6. The highest BCUT2D eigenvalue weighted by Gasteiger charge is 2.36. The number of rotatable bonds is 9. The fourth-order valence-corrected chi connectivity index (χ4v) is 3.97. The molecule has 1 fully saturated rings. The molecule has 4 amide bonds. The van der Waals surface area contributed by atoms with Crippen LogP contribution < -0.4 is 24.4 Å². The first kappa shape index (κ1) is 26.5. The van der Waals surface area contributed by atoms with E-state index >= 15 is 0 Å². The molecule has 3 aromatic carbocycles. The molecule has 0 unspecified atom stereocenters. The number of barbiturate groups is 1. The van der Waals surface area contributed by atoms with Crippen LogP contribution in [0.4, 0.5) is 10.5 Å². The summed E-state index contributed by atoms with van der Waals surface area (Å²) in [6, 6.07) is 17.0. The van der Waals surface area contributed by atoms with Crippen LogP contribution in [0.15, 0.2) is 66.2 Å². The van der Waals surface area contributed by atoms with Crippen molar-refractivity contribution in [2.45, 2.75) is 34.3 Å². The number of imide groups is 2. The minimum Gasteiger partial charge on any atom is -0.494 e. The zero-order chi connectivity index (χ0) is 27.2. The van der Waals surface area contributed by atoms with Gasteiger partial charge in [0.1, 0.15) is 17.9 Å². The molecule has 1 aliphatic rings. The molecule has 1 aliphatic heterocycles. The molecule has 1 saturated heterocycles. The van der Waals surface area contributed by atoms with Crippen molar-refractivity contribution >= 4 is 29.6 Å². The van der Waals surface area contributed by atoms with Crippen molar-refractivity contribution < 1.29 is 28.6 Å². The number of hydrogen-bond donors (Lipinski definition) is 1. The number of carbonyl (C=O) groups excluding carboxylic acids is 3. The Balaban J connectivity index is 1.58. The van der Waals surface area contributed by atoms with Crippen LogP contribution in [0.5, 0.6) is 17.2 Å². The number of hydrogen-bond acceptors (Lipinski definition) is 6. The van der Waals surface area contributed by atoms with Crippen molar-refractivity contribution in [1.29, 1.82) is 0 Å². The molecule has 0 radical (unpaired) electrons. The SMILES string of the molecule is CCOc1ccc(N2C(=O)NC(=O)/C(=C\c3ccc(OCc4ccc(C)c(C)c4)c(OCC)c3)C2=O)cc1. The van der Waals surface area contributed by atoms with Crippen molar-refractivity contribution in [3.8, 4) is 17.2 Å². The average Bonchev–Trinajstić information content (AvgIpc) is 2.89. The standard InChI is InChI=1S/C30H30N2O6/c1-5-36-24-12-10-23(11-13-24)32-29(34)25(28(33)31-30(32)35)16-21-9-14-26(27(17-21)37-6-2)38-18-22-8-7-19(3)20(4)15-22/h7-17H,5-6,18H2,1-4H3,(H,31,33,35)/b25-16+. The third-order valence-corrected chi connectivity index (χ3v) is 6.05. The van der Waals surface area contributed by atoms with Crippen LogP contribution in [0.2, 0.25) is 0 Å². The van der Waals surface area contributed by atoms with Gasteiger partial charge in [0.05, 0.1) is 18.9 Å². The second-order valence-corrected chi connectivity index (χ2v) is 8.73. The lowest BCUT2D eigenvalue weighted by molar-refractivity contribution is -0.122. The summed E-state index contributed by atoms with van der Waals surface area (Å²) >= 11 is 0. The Hall–Kier alpha value is -4.59. The maximum atomic E-state index is 13.2. The third kappa shape index (κ3) is 5.86. The van der Waals surface area contributed by atoms with E-state index in [0.29, 0.717) is 48.3 Å². The van der Waals surface area contributed by atoms with E-state index in [2.05, 4.69) is 31.3 Å². The first-order valence-corrected chi connectivity index (χ1v) is 12.4. The van der Waals surface area contributed by atoms with Crippen LogP contribution >= 0.6 is 0 Å². The molecule has 38 heavy (non-hydrogen) atoms. The van der Waals surface area contributed by atoms with Crippen LogP contribution in [0.3, 0.4) is 0 Å². The highest BCUT2D eigenvalue weighted by atomic mass is 16.5. The van der Waals surface area contributed by atoms with E-state index in [0.717, 1.165) is 10.5 Å². The van der Waals surface area contributed by atoms with Gasteiger partial charge in [0.25, 0.3) is 11.8 Å². The predicted molar refractivity (Wildman–Crippen MR) is 144 cm³/mol. The van der Waals surface area contributed by atoms with Gasteiger partial charge in [-0.1, -0.05) is 24.3 Å². The minimum atomic E-state index is -0.814. The smallest absolute Gasteiger partial charge is 0.335 e. The van der Waals surface area contributed by atoms with Crippen molar-refractivity contribution in [3.05, 3.63) is 88.5 Å². The summed E-state index contributed by atoms with van der Waals surface area (Å²) in [7, 11) is 0. The molecule has 0 atom stereocenters. The van der Waals surface area contributed by atoms with Gasteiger partial charge in [-0.2, -0.15) is 0 Å². The van der Waals surface area contributed by atoms with Crippen LogP contribution in [0.1, 0.15) is 36.1 Å². The van der Waals surface area contributed by atoms with Crippen LogP contribution in [-0.4, -0.2) is 31.1 Å². The Bertz CT molecular complexity index is 1390. The molecule has 0 aliphatic carbocycles. The van der Waals surface area contributed by atoms with Crippen LogP contribution in [0, 0.1) is 13.8 Å². The van der Waals surface area contributed by atoms with Gasteiger partial charge >= 0.3 is 6.03 Å². The fourth-order valence-electron chi connectivity index (χ4n) is 3.97. The predicted octanol–water partition coefficient (Wildman–Crippen LogP) is 5.35. The molecule has 1 N–H and O–H groups in total. The van der Waals surface area contributed by atoms with Gasteiger partial charge in [0, 0.05) is 0 Å². The molecule has 0 saturated carbocycles. The monoisotopic (exact) mass is 514 g/mol. The molecule has 1 heterocycles. The molecule has 196 valence electrons. The molecule has 8 nitrogen and oxygen atoms in total. The van der Waals surface area contributed by atoms with Crippen LogP contribution in [-0.2, 0) is 16.2 Å². The second-order valence-electron chi connectivity index (χ2n) is 8.73. The van der Waals surface area contributed by atoms with Gasteiger partial charge in [-0.15, -0.1) is 0 Å². The quantitative estimate of drug-likeness (QED) is 0.306. The summed E-state index contributed by atoms with van der Waals surface area (Å²) in [4.78, 5) is 39.3. The van der Waals surface area contributed by atoms with Gasteiger partial charge < -0.3 is 14.2 Å². The maximum absolute atomic E-state index is 13.2. The van der Waals surface area contributed by atoms with Gasteiger partial charge in [-0.05, 0) is 92.4 Å². The molecule has 8 heteroatoms. The Morgan fingerprint density at radius 1 is 0.789 bits per heavy atom. The molecule has 4 rings (SSSR count). The zero-order valence-corrected chi connectivity index (χ0v) is 21.9. The topological polar surface area (TPSA) is 94.2 Å². The average molecular weight is 515 g/mol. The van der Waals surface area contributed by atoms with Gasteiger partial charge in [-0.3, -0.25) is 14.9 Å². The summed E-state index contributed by atoms with van der Waals surface area (Å²) in [6.45, 7) is 9.09. The number of nitrogens with zero attached hydrogens (tertiary/aromatic N) is 1. The van der Waals surface area contributed by atoms with Crippen molar-refractivity contribution in [2.24, 2.45) is 0 Å². The summed E-state index contributed by atoms with van der Waals surface area (Å²) in [5.41, 5.74) is 4.12. The van der Waals surface area contributed by atoms with E-state index in [4.69, 9.17) is 14.2 Å². The Morgan fingerprint density at radius 2 is 1.53 bits per heavy atom. The lowest BCUT2D eigenvalue weighted by Crippen LogP contribution is -2.54. The van der Waals surface area contributed by atoms with Crippen molar-refractivity contribution in [1.82, 2.24) is 5.32 Å². The number of anilines is 1. The number of amides is 4. The Morgan fingerprint density at radius 3 is 2.21 bits per heavy atom. The normalized spacial score (nSPS) is 14.5. The summed E-state index contributed by atoms with van der Waals surface area (Å²) in [5, 5.41) is 2.24. The maximum Gasteiger partial charge on any atom is 0.335 e. The first-order chi connectivity index (χ1) is 18.3. The first-order valence-electron chi connectivity index (χ1n) is 12.4. The van der Waals surface area contributed by atoms with E-state index in [1.54, 1.807) is 42.5 Å². The van der Waals surface area contributed by atoms with E-state index in [1.807, 2.05) is 19.9 Å². The molecular formula is C30H30N2O6. The lowest BCUT2D eigenvalue weighted by Gasteiger charge is -2.26. The zero-order valence-electron chi connectivity index (χ0n) is 21.9. The van der Waals surface area contributed by atoms with Crippen LogP contribution in [0.25, 0.3) is 6.08 Å². The fraction of sp³-hybridized carbons (Fsp3) is 0.233.